The SMILES string of the molecule is CC(=NCC1(C)CC2(C)CC(C)CC(OCCN(C)C=O)(C1)C2)C(=CN)c1ccc(N2CCc3cccc(C(=O)Nc4nc5ccccc5s4)c3C2)nc1C(=O)O. The first-order valence-corrected chi connectivity index (χ1v) is 20.5. The number of pyridine rings is 1. The zero-order valence-corrected chi connectivity index (χ0v) is 34.3. The molecule has 12 nitrogen and oxygen atoms in total. The quantitative estimate of drug-likeness (QED) is 0.0923. The number of amides is 2. The van der Waals surface area contributed by atoms with Gasteiger partial charge in [-0.2, -0.15) is 0 Å². The minimum atomic E-state index is -1.17. The van der Waals surface area contributed by atoms with E-state index >= 15 is 0 Å². The molecule has 57 heavy (non-hydrogen) atoms. The fraction of sp³-hybridized carbons (Fsp3) is 0.455. The second-order valence-corrected chi connectivity index (χ2v) is 18.2. The van der Waals surface area contributed by atoms with E-state index in [4.69, 9.17) is 15.5 Å². The van der Waals surface area contributed by atoms with Crippen LogP contribution in [0.2, 0.25) is 0 Å². The van der Waals surface area contributed by atoms with E-state index in [9.17, 15) is 19.5 Å². The van der Waals surface area contributed by atoms with Gasteiger partial charge in [-0.05, 0) is 104 Å². The van der Waals surface area contributed by atoms with Crippen LogP contribution in [0.4, 0.5) is 10.9 Å². The highest BCUT2D eigenvalue weighted by Crippen LogP contribution is 2.60. The van der Waals surface area contributed by atoms with Crippen LogP contribution in [-0.2, 0) is 22.5 Å². The van der Waals surface area contributed by atoms with Gasteiger partial charge in [0, 0.05) is 61.8 Å². The molecule has 4 N–H and O–H groups in total. The number of nitrogens with two attached hydrogens (primary N) is 1. The number of carboxylic acid groups (broad SMARTS) is 1. The monoisotopic (exact) mass is 791 g/mol. The van der Waals surface area contributed by atoms with Crippen molar-refractivity contribution in [3.8, 4) is 0 Å². The number of hydrogen-bond donors (Lipinski definition) is 3. The molecule has 4 aromatic rings. The Morgan fingerprint density at radius 1 is 1.09 bits per heavy atom. The lowest BCUT2D eigenvalue weighted by molar-refractivity contribution is -0.174. The van der Waals surface area contributed by atoms with Crippen molar-refractivity contribution < 1.29 is 24.2 Å². The number of para-hydroxylation sites is 1. The lowest BCUT2D eigenvalue weighted by Crippen LogP contribution is -2.55. The van der Waals surface area contributed by atoms with E-state index in [-0.39, 0.29) is 28.0 Å². The van der Waals surface area contributed by atoms with E-state index in [1.807, 2.05) is 60.4 Å². The van der Waals surface area contributed by atoms with Crippen LogP contribution in [-0.4, -0.2) is 82.9 Å². The third kappa shape index (κ3) is 8.59. The number of allylic oxidation sites excluding steroid dienone is 1. The number of hydrogen-bond acceptors (Lipinski definition) is 10. The minimum Gasteiger partial charge on any atom is -0.476 e. The van der Waals surface area contributed by atoms with Crippen LogP contribution < -0.4 is 16.0 Å². The van der Waals surface area contributed by atoms with E-state index in [2.05, 4.69) is 36.1 Å². The average molecular weight is 792 g/mol. The summed E-state index contributed by atoms with van der Waals surface area (Å²) < 4.78 is 7.68. The van der Waals surface area contributed by atoms with Crippen molar-refractivity contribution in [3.63, 3.8) is 0 Å². The lowest BCUT2D eigenvalue weighted by atomic mass is 9.51. The number of rotatable bonds is 13. The Morgan fingerprint density at radius 2 is 1.89 bits per heavy atom. The molecule has 2 saturated carbocycles. The number of benzene rings is 2. The van der Waals surface area contributed by atoms with Gasteiger partial charge in [-0.3, -0.25) is 19.9 Å². The molecular weight excluding hydrogens is 739 g/mol. The Morgan fingerprint density at radius 3 is 2.65 bits per heavy atom. The summed E-state index contributed by atoms with van der Waals surface area (Å²) in [6.45, 7) is 11.4. The minimum absolute atomic E-state index is 0.101. The predicted octanol–water partition coefficient (Wildman–Crippen LogP) is 7.44. The molecule has 3 heterocycles. The number of carbonyl (C=O) groups excluding carboxylic acids is 2. The summed E-state index contributed by atoms with van der Waals surface area (Å²) in [7, 11) is 1.77. The van der Waals surface area contributed by atoms with Crippen LogP contribution in [0.25, 0.3) is 15.8 Å². The summed E-state index contributed by atoms with van der Waals surface area (Å²) in [5.41, 5.74) is 10.7. The predicted molar refractivity (Wildman–Crippen MR) is 226 cm³/mol. The molecule has 4 unspecified atom stereocenters. The molecule has 2 aliphatic carbocycles. The van der Waals surface area contributed by atoms with Crippen LogP contribution in [0, 0.1) is 16.7 Å². The van der Waals surface area contributed by atoms with Gasteiger partial charge in [0.15, 0.2) is 10.8 Å². The van der Waals surface area contributed by atoms with Gasteiger partial charge in [0.1, 0.15) is 5.82 Å². The van der Waals surface area contributed by atoms with Crippen molar-refractivity contribution >= 4 is 62.1 Å². The van der Waals surface area contributed by atoms with Crippen LogP contribution in [0.1, 0.15) is 97.3 Å². The number of thiazole rings is 1. The Hall–Kier alpha value is -5.14. The highest BCUT2D eigenvalue weighted by Gasteiger charge is 2.55. The van der Waals surface area contributed by atoms with Crippen molar-refractivity contribution in [2.24, 2.45) is 27.5 Å². The zero-order valence-electron chi connectivity index (χ0n) is 33.5. The maximum Gasteiger partial charge on any atom is 0.355 e. The van der Waals surface area contributed by atoms with Crippen LogP contribution >= 0.6 is 11.3 Å². The van der Waals surface area contributed by atoms with Gasteiger partial charge in [0.2, 0.25) is 6.41 Å². The number of nitrogens with one attached hydrogen (secondary N) is 1. The van der Waals surface area contributed by atoms with Crippen LogP contribution in [0.3, 0.4) is 0 Å². The molecule has 2 bridgehead atoms. The smallest absolute Gasteiger partial charge is 0.355 e. The van der Waals surface area contributed by atoms with E-state index in [0.29, 0.717) is 78.5 Å². The van der Waals surface area contributed by atoms with Crippen molar-refractivity contribution in [1.82, 2.24) is 14.9 Å². The molecule has 2 aromatic carbocycles. The van der Waals surface area contributed by atoms with Crippen molar-refractivity contribution in [2.45, 2.75) is 78.4 Å². The fourth-order valence-corrected chi connectivity index (χ4v) is 11.1. The standard InChI is InChI=1S/C44H53N7O5S/c1-28-19-42(3)23-43(4,25-44(20-28,24-42)56-18-17-50(5)27-52)26-46-29(2)33(21-45)31-13-14-37(48-38(31)40(54)55)51-16-15-30-9-8-10-32(34(30)22-51)39(53)49-41-47-35-11-6-7-12-36(35)57-41/h6-14,21,27-28H,15-20,22-26,45H2,1-5H3,(H,54,55)(H,47,49,53). The molecule has 0 radical (unpaired) electrons. The molecule has 0 saturated heterocycles. The van der Waals surface area contributed by atoms with Gasteiger partial charge in [-0.1, -0.05) is 56.4 Å². The summed E-state index contributed by atoms with van der Waals surface area (Å²) >= 11 is 1.43. The van der Waals surface area contributed by atoms with Crippen LogP contribution in [0.15, 0.2) is 65.8 Å². The summed E-state index contributed by atoms with van der Waals surface area (Å²) in [4.78, 5) is 55.6. The van der Waals surface area contributed by atoms with Crippen molar-refractivity contribution in [3.05, 3.63) is 88.7 Å². The maximum absolute atomic E-state index is 13.6. The number of nitrogens with zero attached hydrogens (tertiary/aromatic N) is 5. The van der Waals surface area contributed by atoms with Gasteiger partial charge < -0.3 is 25.4 Å². The molecule has 2 amide bonds. The average Bonchev–Trinajstić information content (AvgIpc) is 3.58. The zero-order chi connectivity index (χ0) is 40.5. The molecule has 7 rings (SSSR count). The highest BCUT2D eigenvalue weighted by atomic mass is 32.1. The summed E-state index contributed by atoms with van der Waals surface area (Å²) in [5.74, 6) is -0.368. The van der Waals surface area contributed by atoms with E-state index in [1.54, 1.807) is 18.0 Å². The fourth-order valence-electron chi connectivity index (χ4n) is 10.2. The number of fused-ring (bicyclic) bond motifs is 4. The summed E-state index contributed by atoms with van der Waals surface area (Å²) in [6, 6.07) is 17.1. The van der Waals surface area contributed by atoms with E-state index in [0.717, 1.165) is 59.9 Å². The molecular formula is C44H53N7O5S. The van der Waals surface area contributed by atoms with Gasteiger partial charge in [0.05, 0.1) is 22.4 Å². The largest absolute Gasteiger partial charge is 0.476 e. The van der Waals surface area contributed by atoms with Gasteiger partial charge in [-0.15, -0.1) is 0 Å². The number of carboxylic acids is 1. The molecule has 0 spiro atoms. The Bertz CT molecular complexity index is 2220. The second kappa shape index (κ2) is 16.0. The Labute approximate surface area is 338 Å². The number of carbonyl (C=O) groups is 3. The van der Waals surface area contributed by atoms with Gasteiger partial charge in [-0.25, -0.2) is 14.8 Å². The van der Waals surface area contributed by atoms with Crippen molar-refractivity contribution in [2.75, 3.05) is 43.5 Å². The number of aromatic carboxylic acids is 1. The Balaban J connectivity index is 1.09. The normalized spacial score (nSPS) is 24.9. The number of anilines is 2. The molecule has 300 valence electrons. The first-order chi connectivity index (χ1) is 27.2. The highest BCUT2D eigenvalue weighted by molar-refractivity contribution is 7.22. The number of ether oxygens (including phenoxy) is 1. The molecule has 2 fully saturated rings. The molecule has 3 aliphatic rings. The third-order valence-corrected chi connectivity index (χ3v) is 12.9. The first-order valence-electron chi connectivity index (χ1n) is 19.7. The first kappa shape index (κ1) is 40.1. The maximum atomic E-state index is 13.6. The van der Waals surface area contributed by atoms with Gasteiger partial charge in [0.25, 0.3) is 5.91 Å². The molecule has 2 aromatic heterocycles. The summed E-state index contributed by atoms with van der Waals surface area (Å²) in [6.07, 6.45) is 7.86. The molecule has 1 aliphatic heterocycles. The number of likely N-dealkylation sites (N-methyl/N-ethyl adjacent to an activating group) is 1. The summed E-state index contributed by atoms with van der Waals surface area (Å²) in [5, 5.41) is 14.0. The molecule has 4 atom stereocenters. The topological polar surface area (TPSA) is 163 Å². The number of aliphatic imine (C=N–C) groups is 1. The van der Waals surface area contributed by atoms with Gasteiger partial charge >= 0.3 is 5.97 Å². The number of aromatic nitrogens is 2. The van der Waals surface area contributed by atoms with E-state index in [1.165, 1.54) is 17.5 Å². The third-order valence-electron chi connectivity index (χ3n) is 11.9. The van der Waals surface area contributed by atoms with E-state index < -0.39 is 5.97 Å². The Kier molecular flexibility index (Phi) is 11.3. The van der Waals surface area contributed by atoms with Crippen LogP contribution in [0.5, 0.6) is 0 Å². The lowest BCUT2D eigenvalue weighted by Gasteiger charge is -2.58. The van der Waals surface area contributed by atoms with Crippen molar-refractivity contribution in [1.29, 1.82) is 0 Å². The molecule has 13 heteroatoms. The second-order valence-electron chi connectivity index (χ2n) is 17.2.